The van der Waals surface area contributed by atoms with Gasteiger partial charge in [0.05, 0.1) is 32.0 Å². The molecule has 2 heterocycles. The maximum absolute atomic E-state index is 13.1. The fraction of sp³-hybridized carbons (Fsp3) is 0.385. The van der Waals surface area contributed by atoms with Gasteiger partial charge in [0.2, 0.25) is 5.75 Å². The van der Waals surface area contributed by atoms with Gasteiger partial charge in [-0.15, -0.1) is 11.3 Å². The lowest BCUT2D eigenvalue weighted by Gasteiger charge is -2.35. The second kappa shape index (κ2) is 11.4. The Morgan fingerprint density at radius 1 is 1.00 bits per heavy atom. The van der Waals surface area contributed by atoms with Crippen LogP contribution in [0.2, 0.25) is 0 Å². The highest BCUT2D eigenvalue weighted by Gasteiger charge is 2.24. The van der Waals surface area contributed by atoms with E-state index in [-0.39, 0.29) is 5.91 Å². The average molecular weight is 498 g/mol. The Morgan fingerprint density at radius 3 is 2.43 bits per heavy atom. The van der Waals surface area contributed by atoms with Crippen molar-refractivity contribution < 1.29 is 23.7 Å². The van der Waals surface area contributed by atoms with E-state index in [2.05, 4.69) is 9.88 Å². The van der Waals surface area contributed by atoms with Gasteiger partial charge in [-0.2, -0.15) is 0 Å². The summed E-state index contributed by atoms with van der Waals surface area (Å²) < 4.78 is 22.4. The van der Waals surface area contributed by atoms with Crippen LogP contribution in [-0.2, 0) is 13.2 Å². The molecule has 1 fully saturated rings. The number of thiazole rings is 1. The zero-order valence-corrected chi connectivity index (χ0v) is 21.4. The lowest BCUT2D eigenvalue weighted by molar-refractivity contribution is 0.0627. The number of piperazine rings is 1. The molecule has 1 saturated heterocycles. The molecule has 0 unspecified atom stereocenters. The van der Waals surface area contributed by atoms with Crippen molar-refractivity contribution in [2.75, 3.05) is 47.5 Å². The van der Waals surface area contributed by atoms with E-state index < -0.39 is 0 Å². The first-order chi connectivity index (χ1) is 17.0. The summed E-state index contributed by atoms with van der Waals surface area (Å²) in [6, 6.07) is 11.3. The molecular weight excluding hydrogens is 466 g/mol. The van der Waals surface area contributed by atoms with Gasteiger partial charge in [0, 0.05) is 49.2 Å². The minimum absolute atomic E-state index is 0.0169. The van der Waals surface area contributed by atoms with Crippen LogP contribution in [0, 0.1) is 6.92 Å². The number of amides is 1. The van der Waals surface area contributed by atoms with Crippen LogP contribution in [-0.4, -0.2) is 68.2 Å². The fourth-order valence-electron chi connectivity index (χ4n) is 4.17. The van der Waals surface area contributed by atoms with Gasteiger partial charge < -0.3 is 23.8 Å². The van der Waals surface area contributed by atoms with Crippen molar-refractivity contribution in [3.63, 3.8) is 0 Å². The third kappa shape index (κ3) is 5.86. The van der Waals surface area contributed by atoms with E-state index >= 15 is 0 Å². The molecule has 0 N–H and O–H groups in total. The van der Waals surface area contributed by atoms with Gasteiger partial charge in [0.25, 0.3) is 5.91 Å². The summed E-state index contributed by atoms with van der Waals surface area (Å²) in [4.78, 5) is 21.8. The van der Waals surface area contributed by atoms with Crippen LogP contribution in [0.1, 0.15) is 26.6 Å². The Kier molecular flexibility index (Phi) is 8.09. The number of benzene rings is 2. The molecular formula is C26H31N3O5S. The Balaban J connectivity index is 1.35. The molecule has 8 nitrogen and oxygen atoms in total. The van der Waals surface area contributed by atoms with Crippen LogP contribution in [0.25, 0.3) is 0 Å². The maximum atomic E-state index is 13.1. The summed E-state index contributed by atoms with van der Waals surface area (Å²) in [5, 5.41) is 3.00. The zero-order valence-electron chi connectivity index (χ0n) is 20.6. The third-order valence-electron chi connectivity index (χ3n) is 5.97. The molecule has 0 atom stereocenters. The summed E-state index contributed by atoms with van der Waals surface area (Å²) in [5.41, 5.74) is 2.54. The molecule has 3 aromatic rings. The monoisotopic (exact) mass is 497 g/mol. The molecule has 0 saturated carbocycles. The molecule has 4 rings (SSSR count). The van der Waals surface area contributed by atoms with Gasteiger partial charge in [-0.3, -0.25) is 9.69 Å². The van der Waals surface area contributed by atoms with Crippen molar-refractivity contribution in [2.24, 2.45) is 0 Å². The quantitative estimate of drug-likeness (QED) is 0.442. The van der Waals surface area contributed by atoms with Gasteiger partial charge in [-0.25, -0.2) is 4.98 Å². The van der Waals surface area contributed by atoms with Crippen molar-refractivity contribution in [3.05, 3.63) is 63.6 Å². The predicted octanol–water partition coefficient (Wildman–Crippen LogP) is 4.01. The molecule has 0 radical (unpaired) electrons. The van der Waals surface area contributed by atoms with Gasteiger partial charge in [0.1, 0.15) is 12.4 Å². The van der Waals surface area contributed by atoms with Gasteiger partial charge in [0.15, 0.2) is 11.5 Å². The van der Waals surface area contributed by atoms with Crippen LogP contribution in [0.15, 0.2) is 41.8 Å². The molecule has 35 heavy (non-hydrogen) atoms. The lowest BCUT2D eigenvalue weighted by atomic mass is 10.1. The van der Waals surface area contributed by atoms with E-state index in [1.165, 1.54) is 0 Å². The van der Waals surface area contributed by atoms with Gasteiger partial charge >= 0.3 is 0 Å². The normalized spacial score (nSPS) is 14.0. The molecule has 1 aliphatic rings. The summed E-state index contributed by atoms with van der Waals surface area (Å²) in [6.07, 6.45) is 0. The second-order valence-corrected chi connectivity index (χ2v) is 9.30. The number of nitrogens with zero attached hydrogens (tertiary/aromatic N) is 3. The Bertz CT molecular complexity index is 1160. The zero-order chi connectivity index (χ0) is 24.8. The molecule has 1 aliphatic heterocycles. The SMILES string of the molecule is COc1ccc(CN2CCN(C(=O)c3cccc(OCc4csc(C)n4)c3)CC2)c(OC)c1OC. The Hall–Kier alpha value is -3.30. The summed E-state index contributed by atoms with van der Waals surface area (Å²) in [7, 11) is 4.85. The molecule has 186 valence electrons. The molecule has 0 bridgehead atoms. The minimum atomic E-state index is 0.0169. The van der Waals surface area contributed by atoms with Crippen molar-refractivity contribution in [1.29, 1.82) is 0 Å². The van der Waals surface area contributed by atoms with Crippen LogP contribution in [0.3, 0.4) is 0 Å². The number of carbonyl (C=O) groups is 1. The Morgan fingerprint density at radius 2 is 1.77 bits per heavy atom. The number of ether oxygens (including phenoxy) is 4. The fourth-order valence-corrected chi connectivity index (χ4v) is 4.77. The van der Waals surface area contributed by atoms with Crippen LogP contribution in [0.4, 0.5) is 0 Å². The topological polar surface area (TPSA) is 73.4 Å². The smallest absolute Gasteiger partial charge is 0.254 e. The summed E-state index contributed by atoms with van der Waals surface area (Å²) in [6.45, 7) is 5.89. The van der Waals surface area contributed by atoms with E-state index in [1.807, 2.05) is 53.6 Å². The molecule has 1 amide bonds. The number of hydrogen-bond donors (Lipinski definition) is 0. The summed E-state index contributed by atoms with van der Waals surface area (Å²) >= 11 is 1.60. The Labute approximate surface area is 210 Å². The van der Waals surface area contributed by atoms with E-state index in [9.17, 15) is 4.79 Å². The van der Waals surface area contributed by atoms with Crippen LogP contribution >= 0.6 is 11.3 Å². The number of aromatic nitrogens is 1. The highest BCUT2D eigenvalue weighted by atomic mass is 32.1. The standard InChI is InChI=1S/C26H31N3O5S/c1-18-27-21(17-35-18)16-34-22-7-5-6-19(14-22)26(30)29-12-10-28(11-13-29)15-20-8-9-23(31-2)25(33-4)24(20)32-3/h5-9,14,17H,10-13,15-16H2,1-4H3. The van der Waals surface area contributed by atoms with E-state index in [0.29, 0.717) is 54.8 Å². The van der Waals surface area contributed by atoms with Gasteiger partial charge in [-0.1, -0.05) is 12.1 Å². The van der Waals surface area contributed by atoms with Gasteiger partial charge in [-0.05, 0) is 31.2 Å². The molecule has 0 spiro atoms. The van der Waals surface area contributed by atoms with Crippen molar-refractivity contribution >= 4 is 17.2 Å². The third-order valence-corrected chi connectivity index (χ3v) is 6.80. The molecule has 0 aliphatic carbocycles. The maximum Gasteiger partial charge on any atom is 0.254 e. The van der Waals surface area contributed by atoms with Crippen molar-refractivity contribution in [1.82, 2.24) is 14.8 Å². The largest absolute Gasteiger partial charge is 0.493 e. The number of carbonyl (C=O) groups excluding carboxylic acids is 1. The van der Waals surface area contributed by atoms with Crippen LogP contribution in [0.5, 0.6) is 23.0 Å². The highest BCUT2D eigenvalue weighted by Crippen LogP contribution is 2.40. The van der Waals surface area contributed by atoms with Crippen molar-refractivity contribution in [2.45, 2.75) is 20.1 Å². The number of rotatable bonds is 9. The van der Waals surface area contributed by atoms with Crippen molar-refractivity contribution in [3.8, 4) is 23.0 Å². The molecule has 9 heteroatoms. The van der Waals surface area contributed by atoms with E-state index in [4.69, 9.17) is 18.9 Å². The first-order valence-corrected chi connectivity index (χ1v) is 12.3. The minimum Gasteiger partial charge on any atom is -0.493 e. The number of hydrogen-bond acceptors (Lipinski definition) is 8. The predicted molar refractivity (Wildman–Crippen MR) is 135 cm³/mol. The first kappa shape index (κ1) is 24.8. The second-order valence-electron chi connectivity index (χ2n) is 8.24. The van der Waals surface area contributed by atoms with E-state index in [0.717, 1.165) is 29.4 Å². The van der Waals surface area contributed by atoms with Crippen LogP contribution < -0.4 is 18.9 Å². The number of aryl methyl sites for hydroxylation is 1. The first-order valence-electron chi connectivity index (χ1n) is 11.5. The molecule has 1 aromatic heterocycles. The molecule has 2 aromatic carbocycles. The number of methoxy groups -OCH3 is 3. The highest BCUT2D eigenvalue weighted by molar-refractivity contribution is 7.09. The van der Waals surface area contributed by atoms with E-state index in [1.54, 1.807) is 32.7 Å². The average Bonchev–Trinajstić information content (AvgIpc) is 3.32. The lowest BCUT2D eigenvalue weighted by Crippen LogP contribution is -2.48. The summed E-state index contributed by atoms with van der Waals surface area (Å²) in [5.74, 6) is 2.59.